The lowest BCUT2D eigenvalue weighted by atomic mass is 10.0. The van der Waals surface area contributed by atoms with Crippen LogP contribution in [0.4, 0.5) is 4.79 Å². The molecule has 1 heterocycles. The number of alkyl carbamates (subject to hydrolysis) is 1. The van der Waals surface area contributed by atoms with Crippen molar-refractivity contribution in [2.45, 2.75) is 76.3 Å². The topological polar surface area (TPSA) is 183 Å². The number of esters is 1. The molecule has 14 heteroatoms. The molecule has 0 fully saturated rings. The van der Waals surface area contributed by atoms with Crippen LogP contribution >= 0.6 is 0 Å². The number of amides is 2. The first-order valence-corrected chi connectivity index (χ1v) is 13.7. The van der Waals surface area contributed by atoms with Crippen LogP contribution in [-0.2, 0) is 40.3 Å². The monoisotopic (exact) mass is 566 g/mol. The number of nitrogens with zero attached hydrogens (tertiary/aromatic N) is 2. The molecule has 2 amide bonds. The number of imidazole rings is 1. The van der Waals surface area contributed by atoms with Gasteiger partial charge in [-0.05, 0) is 39.3 Å². The highest BCUT2D eigenvalue weighted by atomic mass is 32.2. The number of rotatable bonds is 14. The van der Waals surface area contributed by atoms with Crippen molar-refractivity contribution in [3.8, 4) is 0 Å². The van der Waals surface area contributed by atoms with Crippen molar-refractivity contribution in [3.63, 3.8) is 0 Å². The van der Waals surface area contributed by atoms with Gasteiger partial charge in [-0.2, -0.15) is 0 Å². The molecule has 39 heavy (non-hydrogen) atoms. The van der Waals surface area contributed by atoms with Gasteiger partial charge >= 0.3 is 18.0 Å². The maximum Gasteiger partial charge on any atom is 0.410 e. The molecule has 0 bridgehead atoms. The van der Waals surface area contributed by atoms with Crippen LogP contribution in [0.3, 0.4) is 0 Å². The number of ether oxygens (including phenoxy) is 2. The van der Waals surface area contributed by atoms with Crippen molar-refractivity contribution < 1.29 is 42.2 Å². The fourth-order valence-electron chi connectivity index (χ4n) is 3.20. The third-order valence-electron chi connectivity index (χ3n) is 5.60. The van der Waals surface area contributed by atoms with Crippen LogP contribution in [-0.4, -0.2) is 64.8 Å². The fraction of sp³-hybridized carbons (Fsp3) is 0.480. The van der Waals surface area contributed by atoms with Gasteiger partial charge in [-0.25, -0.2) is 27.0 Å². The molecule has 214 valence electrons. The summed E-state index contributed by atoms with van der Waals surface area (Å²) in [5.74, 6) is -2.75. The number of aromatic nitrogens is 2. The Morgan fingerprint density at radius 2 is 1.77 bits per heavy atom. The van der Waals surface area contributed by atoms with E-state index in [1.54, 1.807) is 12.1 Å². The molecule has 1 atom stereocenters. The molecular formula is C25H34N4O9S. The second-order valence-corrected chi connectivity index (χ2v) is 11.2. The first-order valence-electron chi connectivity index (χ1n) is 12.3. The molecule has 0 aliphatic heterocycles. The maximum absolute atomic E-state index is 12.9. The molecule has 0 radical (unpaired) electrons. The van der Waals surface area contributed by atoms with E-state index < -0.39 is 52.3 Å². The molecule has 0 saturated carbocycles. The summed E-state index contributed by atoms with van der Waals surface area (Å²) in [5, 5.41) is 13.9. The highest BCUT2D eigenvalue weighted by Gasteiger charge is 2.33. The van der Waals surface area contributed by atoms with Crippen LogP contribution in [0.1, 0.15) is 57.7 Å². The van der Waals surface area contributed by atoms with E-state index >= 15 is 0 Å². The number of carbonyl (C=O) groups excluding carboxylic acids is 3. The molecule has 0 spiro atoms. The van der Waals surface area contributed by atoms with Crippen molar-refractivity contribution in [3.05, 3.63) is 48.0 Å². The van der Waals surface area contributed by atoms with Crippen molar-refractivity contribution in [1.29, 1.82) is 0 Å². The second kappa shape index (κ2) is 13.7. The zero-order chi connectivity index (χ0) is 29.2. The molecule has 0 aliphatic carbocycles. The molecule has 13 nitrogen and oxygen atoms in total. The first kappa shape index (κ1) is 31.3. The Bertz CT molecular complexity index is 1270. The number of carboxylic acid groups (broad SMARTS) is 1. The number of carboxylic acids is 1. The van der Waals surface area contributed by atoms with Crippen molar-refractivity contribution >= 4 is 34.0 Å². The Labute approximate surface area is 226 Å². The summed E-state index contributed by atoms with van der Waals surface area (Å²) >= 11 is 0. The van der Waals surface area contributed by atoms with E-state index in [0.717, 1.165) is 28.7 Å². The molecule has 2 rings (SSSR count). The summed E-state index contributed by atoms with van der Waals surface area (Å²) in [4.78, 5) is 52.4. The lowest BCUT2D eigenvalue weighted by molar-refractivity contribution is -0.152. The van der Waals surface area contributed by atoms with Crippen molar-refractivity contribution in [1.82, 2.24) is 19.6 Å². The Hall–Kier alpha value is -3.94. The van der Waals surface area contributed by atoms with Crippen LogP contribution in [0.25, 0.3) is 0 Å². The van der Waals surface area contributed by atoms with Gasteiger partial charge in [-0.1, -0.05) is 37.5 Å². The zero-order valence-electron chi connectivity index (χ0n) is 22.3. The van der Waals surface area contributed by atoms with Gasteiger partial charge in [-0.15, -0.1) is 0 Å². The number of carbonyl (C=O) groups is 4. The highest BCUT2D eigenvalue weighted by Crippen LogP contribution is 2.16. The summed E-state index contributed by atoms with van der Waals surface area (Å²) in [6.45, 7) is 5.62. The molecule has 1 aromatic carbocycles. The number of hydrogen-bond acceptors (Lipinski definition) is 9. The second-order valence-electron chi connectivity index (χ2n) is 9.36. The highest BCUT2D eigenvalue weighted by molar-refractivity contribution is 7.90. The number of nitrogens with one attached hydrogen (secondary N) is 2. The summed E-state index contributed by atoms with van der Waals surface area (Å²) in [6, 6.07) is 4.79. The van der Waals surface area contributed by atoms with E-state index in [2.05, 4.69) is 15.6 Å². The minimum Gasteiger partial charge on any atom is -0.480 e. The van der Waals surface area contributed by atoms with Crippen molar-refractivity contribution in [2.75, 3.05) is 6.79 Å². The van der Waals surface area contributed by atoms with Crippen LogP contribution < -0.4 is 10.6 Å². The normalized spacial score (nSPS) is 12.3. The Balaban J connectivity index is 2.14. The van der Waals surface area contributed by atoms with Gasteiger partial charge in [0.25, 0.3) is 10.0 Å². The molecule has 0 aliphatic rings. The first-order chi connectivity index (χ1) is 18.3. The van der Waals surface area contributed by atoms with Crippen molar-refractivity contribution in [2.24, 2.45) is 0 Å². The fourth-order valence-corrected chi connectivity index (χ4v) is 4.36. The third kappa shape index (κ3) is 9.39. The van der Waals surface area contributed by atoms with Gasteiger partial charge in [0.1, 0.15) is 17.9 Å². The van der Waals surface area contributed by atoms with E-state index in [9.17, 15) is 32.7 Å². The SMILES string of the molecule is CCCCCC(=O)OCOC(=O)N[C@@H](Cc1cn(S(=O)(=O)c2ccc(C)cc2)cn1)C(=O)NC(C)(C)C(=O)O. The van der Waals surface area contributed by atoms with E-state index in [1.165, 1.54) is 32.2 Å². The third-order valence-corrected chi connectivity index (χ3v) is 7.22. The van der Waals surface area contributed by atoms with Crippen LogP contribution in [0.15, 0.2) is 41.7 Å². The smallest absolute Gasteiger partial charge is 0.410 e. The quantitative estimate of drug-likeness (QED) is 0.174. The molecule has 1 aromatic heterocycles. The summed E-state index contributed by atoms with van der Waals surface area (Å²) < 4.78 is 36.4. The molecule has 0 saturated heterocycles. The predicted molar refractivity (Wildman–Crippen MR) is 138 cm³/mol. The average Bonchev–Trinajstić information content (AvgIpc) is 3.33. The number of aliphatic carboxylic acids is 1. The largest absolute Gasteiger partial charge is 0.480 e. The van der Waals surface area contributed by atoms with Gasteiger partial charge in [0.15, 0.2) is 0 Å². The Morgan fingerprint density at radius 3 is 2.38 bits per heavy atom. The molecule has 2 aromatic rings. The maximum atomic E-state index is 12.9. The minimum atomic E-state index is -3.97. The lowest BCUT2D eigenvalue weighted by Gasteiger charge is -2.25. The van der Waals surface area contributed by atoms with Gasteiger partial charge in [0.2, 0.25) is 12.7 Å². The standard InChI is InChI=1S/C25H34N4O9S/c1-5-6-7-8-21(30)37-16-38-24(34)27-20(22(31)28-25(3,4)23(32)33)13-18-14-29(15-26-18)39(35,36)19-11-9-17(2)10-12-19/h9-12,14-15,20H,5-8,13,16H2,1-4H3,(H,27,34)(H,28,31)(H,32,33)/t20-/m0/s1. The lowest BCUT2D eigenvalue weighted by Crippen LogP contribution is -2.57. The van der Waals surface area contributed by atoms with E-state index in [4.69, 9.17) is 9.47 Å². The molecule has 0 unspecified atom stereocenters. The summed E-state index contributed by atoms with van der Waals surface area (Å²) in [6.07, 6.45) is 3.39. The van der Waals surface area contributed by atoms with Gasteiger partial charge in [0, 0.05) is 19.0 Å². The molecule has 3 N–H and O–H groups in total. The predicted octanol–water partition coefficient (Wildman–Crippen LogP) is 2.13. The number of hydrogen-bond donors (Lipinski definition) is 3. The number of aryl methyl sites for hydroxylation is 1. The van der Waals surface area contributed by atoms with E-state index in [0.29, 0.717) is 6.42 Å². The average molecular weight is 567 g/mol. The number of unbranched alkanes of at least 4 members (excludes halogenated alkanes) is 2. The minimum absolute atomic E-state index is 0.0282. The van der Waals surface area contributed by atoms with Gasteiger partial charge in [-0.3, -0.25) is 9.59 Å². The van der Waals surface area contributed by atoms with E-state index in [-0.39, 0.29) is 23.4 Å². The Kier molecular flexibility index (Phi) is 11.0. The number of benzene rings is 1. The van der Waals surface area contributed by atoms with Crippen LogP contribution in [0.2, 0.25) is 0 Å². The van der Waals surface area contributed by atoms with Crippen LogP contribution in [0, 0.1) is 6.92 Å². The Morgan fingerprint density at radius 1 is 1.10 bits per heavy atom. The van der Waals surface area contributed by atoms with Gasteiger partial charge in [0.05, 0.1) is 10.6 Å². The van der Waals surface area contributed by atoms with E-state index in [1.807, 2.05) is 13.8 Å². The van der Waals surface area contributed by atoms with Gasteiger partial charge < -0.3 is 25.2 Å². The molecular weight excluding hydrogens is 532 g/mol. The summed E-state index contributed by atoms with van der Waals surface area (Å²) in [7, 11) is -3.97. The summed E-state index contributed by atoms with van der Waals surface area (Å²) in [5.41, 5.74) is -0.687. The zero-order valence-corrected chi connectivity index (χ0v) is 23.1. The van der Waals surface area contributed by atoms with Crippen LogP contribution in [0.5, 0.6) is 0 Å².